The summed E-state index contributed by atoms with van der Waals surface area (Å²) in [6, 6.07) is 12.7. The standard InChI is InChI=1S/C20H19N3O4S/c1-12(27-18(24)10-5-13-3-7-15(28-2)8-4-13)19(25)21-14-6-9-16-17(11-14)23-20(26)22-16/h3-12H,1-2H3,(H,21,25)(H2,22,23,26)/b10-5+/t12-/m0/s1. The fourth-order valence-corrected chi connectivity index (χ4v) is 2.91. The maximum Gasteiger partial charge on any atom is 0.331 e. The molecule has 0 fully saturated rings. The van der Waals surface area contributed by atoms with Crippen LogP contribution in [0.3, 0.4) is 0 Å². The number of rotatable bonds is 6. The normalized spacial score (nSPS) is 12.2. The van der Waals surface area contributed by atoms with Crippen molar-refractivity contribution in [2.45, 2.75) is 17.9 Å². The van der Waals surface area contributed by atoms with E-state index in [1.165, 1.54) is 13.0 Å². The van der Waals surface area contributed by atoms with Gasteiger partial charge in [-0.25, -0.2) is 9.59 Å². The average Bonchev–Trinajstić information content (AvgIpc) is 3.06. The number of esters is 1. The van der Waals surface area contributed by atoms with E-state index in [1.807, 2.05) is 30.5 Å². The number of nitrogens with one attached hydrogen (secondary N) is 3. The van der Waals surface area contributed by atoms with E-state index in [2.05, 4.69) is 15.3 Å². The Morgan fingerprint density at radius 2 is 1.82 bits per heavy atom. The van der Waals surface area contributed by atoms with Crippen LogP contribution in [0.5, 0.6) is 0 Å². The van der Waals surface area contributed by atoms with Crippen LogP contribution in [-0.2, 0) is 14.3 Å². The second kappa shape index (κ2) is 8.62. The zero-order valence-corrected chi connectivity index (χ0v) is 16.1. The van der Waals surface area contributed by atoms with Gasteiger partial charge < -0.3 is 20.0 Å². The number of imidazole rings is 1. The number of aromatic nitrogens is 2. The first-order valence-electron chi connectivity index (χ1n) is 8.50. The number of hydrogen-bond donors (Lipinski definition) is 3. The Labute approximate surface area is 165 Å². The van der Waals surface area contributed by atoms with Gasteiger partial charge >= 0.3 is 11.7 Å². The molecule has 1 amide bonds. The molecule has 0 bridgehead atoms. The molecule has 0 aliphatic carbocycles. The van der Waals surface area contributed by atoms with Gasteiger partial charge in [-0.15, -0.1) is 11.8 Å². The summed E-state index contributed by atoms with van der Waals surface area (Å²) in [7, 11) is 0. The molecule has 0 aliphatic rings. The van der Waals surface area contributed by atoms with Crippen molar-refractivity contribution < 1.29 is 14.3 Å². The zero-order valence-electron chi connectivity index (χ0n) is 15.3. The summed E-state index contributed by atoms with van der Waals surface area (Å²) in [4.78, 5) is 41.8. The van der Waals surface area contributed by atoms with Gasteiger partial charge in [0.25, 0.3) is 5.91 Å². The van der Waals surface area contributed by atoms with E-state index in [0.29, 0.717) is 16.7 Å². The Bertz CT molecular complexity index is 1080. The topological polar surface area (TPSA) is 104 Å². The van der Waals surface area contributed by atoms with Gasteiger partial charge in [0.05, 0.1) is 11.0 Å². The Balaban J connectivity index is 1.56. The monoisotopic (exact) mass is 397 g/mol. The molecule has 0 spiro atoms. The van der Waals surface area contributed by atoms with E-state index in [4.69, 9.17) is 4.74 Å². The Morgan fingerprint density at radius 3 is 2.54 bits per heavy atom. The number of hydrogen-bond acceptors (Lipinski definition) is 5. The van der Waals surface area contributed by atoms with Gasteiger partial charge in [-0.3, -0.25) is 4.79 Å². The first-order valence-corrected chi connectivity index (χ1v) is 9.73. The second-order valence-electron chi connectivity index (χ2n) is 6.01. The molecule has 0 saturated carbocycles. The number of thioether (sulfide) groups is 1. The van der Waals surface area contributed by atoms with Crippen LogP contribution in [0.1, 0.15) is 12.5 Å². The van der Waals surface area contributed by atoms with E-state index in [9.17, 15) is 14.4 Å². The smallest absolute Gasteiger partial charge is 0.331 e. The third-order valence-corrected chi connectivity index (χ3v) is 4.72. The number of benzene rings is 2. The van der Waals surface area contributed by atoms with Crippen molar-refractivity contribution in [3.8, 4) is 0 Å². The molecule has 0 radical (unpaired) electrons. The Morgan fingerprint density at radius 1 is 1.11 bits per heavy atom. The minimum absolute atomic E-state index is 0.323. The summed E-state index contributed by atoms with van der Waals surface area (Å²) in [5, 5.41) is 2.66. The lowest BCUT2D eigenvalue weighted by atomic mass is 10.2. The van der Waals surface area contributed by atoms with Gasteiger partial charge in [-0.05, 0) is 55.2 Å². The fourth-order valence-electron chi connectivity index (χ4n) is 2.50. The van der Waals surface area contributed by atoms with E-state index in [-0.39, 0.29) is 5.69 Å². The number of carbonyl (C=O) groups is 2. The maximum absolute atomic E-state index is 12.2. The molecule has 3 rings (SSSR count). The lowest BCUT2D eigenvalue weighted by molar-refractivity contribution is -0.148. The highest BCUT2D eigenvalue weighted by atomic mass is 32.2. The van der Waals surface area contributed by atoms with E-state index in [0.717, 1.165) is 10.5 Å². The highest BCUT2D eigenvalue weighted by molar-refractivity contribution is 7.98. The van der Waals surface area contributed by atoms with E-state index >= 15 is 0 Å². The highest BCUT2D eigenvalue weighted by Crippen LogP contribution is 2.16. The molecule has 0 unspecified atom stereocenters. The molecular formula is C20H19N3O4S. The number of carbonyl (C=O) groups excluding carboxylic acids is 2. The molecule has 8 heteroatoms. The number of H-pyrrole nitrogens is 2. The second-order valence-corrected chi connectivity index (χ2v) is 6.89. The van der Waals surface area contributed by atoms with Gasteiger partial charge in [0.1, 0.15) is 0 Å². The molecule has 0 saturated heterocycles. The van der Waals surface area contributed by atoms with Gasteiger partial charge in [0, 0.05) is 16.7 Å². The zero-order chi connectivity index (χ0) is 20.1. The third-order valence-electron chi connectivity index (χ3n) is 3.97. The van der Waals surface area contributed by atoms with Gasteiger partial charge in [0.2, 0.25) is 0 Å². The van der Waals surface area contributed by atoms with Crippen molar-refractivity contribution in [3.63, 3.8) is 0 Å². The van der Waals surface area contributed by atoms with E-state index in [1.54, 1.807) is 36.0 Å². The SMILES string of the molecule is CSc1ccc(/C=C/C(=O)O[C@@H](C)C(=O)Nc2ccc3[nH]c(=O)[nH]c3c2)cc1. The van der Waals surface area contributed by atoms with Gasteiger partial charge in [-0.2, -0.15) is 0 Å². The third kappa shape index (κ3) is 4.92. The largest absolute Gasteiger partial charge is 0.449 e. The molecule has 1 aromatic heterocycles. The Hall–Kier alpha value is -3.26. The molecule has 1 atom stereocenters. The molecule has 7 nitrogen and oxygen atoms in total. The summed E-state index contributed by atoms with van der Waals surface area (Å²) in [6.45, 7) is 1.49. The van der Waals surface area contributed by atoms with Crippen LogP contribution in [0.15, 0.2) is 58.2 Å². The van der Waals surface area contributed by atoms with Crippen molar-refractivity contribution in [2.75, 3.05) is 11.6 Å². The lowest BCUT2D eigenvalue weighted by Crippen LogP contribution is -2.29. The number of aromatic amines is 2. The molecule has 1 heterocycles. The fraction of sp³-hybridized carbons (Fsp3) is 0.150. The van der Waals surface area contributed by atoms with Gasteiger partial charge in [-0.1, -0.05) is 12.1 Å². The van der Waals surface area contributed by atoms with Crippen molar-refractivity contribution in [3.05, 3.63) is 64.6 Å². The summed E-state index contributed by atoms with van der Waals surface area (Å²) >= 11 is 1.64. The molecular weight excluding hydrogens is 378 g/mol. The summed E-state index contributed by atoms with van der Waals surface area (Å²) in [5.74, 6) is -1.08. The first kappa shape index (κ1) is 19.5. The number of anilines is 1. The molecule has 3 aromatic rings. The molecule has 0 aliphatic heterocycles. The van der Waals surface area contributed by atoms with Crippen LogP contribution >= 0.6 is 11.8 Å². The average molecular weight is 397 g/mol. The Kier molecular flexibility index (Phi) is 6.00. The van der Waals surface area contributed by atoms with Gasteiger partial charge in [0.15, 0.2) is 6.10 Å². The van der Waals surface area contributed by atoms with Crippen molar-refractivity contribution in [1.29, 1.82) is 0 Å². The predicted octanol–water partition coefficient (Wildman–Crippen LogP) is 3.16. The summed E-state index contributed by atoms with van der Waals surface area (Å²) in [6.07, 6.45) is 3.93. The lowest BCUT2D eigenvalue weighted by Gasteiger charge is -2.12. The van der Waals surface area contributed by atoms with Crippen molar-refractivity contribution in [1.82, 2.24) is 9.97 Å². The van der Waals surface area contributed by atoms with Crippen LogP contribution in [0, 0.1) is 0 Å². The minimum atomic E-state index is -0.975. The first-order chi connectivity index (χ1) is 13.4. The van der Waals surface area contributed by atoms with Crippen LogP contribution in [-0.4, -0.2) is 34.2 Å². The van der Waals surface area contributed by atoms with Crippen LogP contribution < -0.4 is 11.0 Å². The van der Waals surface area contributed by atoms with E-state index < -0.39 is 18.0 Å². The molecule has 144 valence electrons. The summed E-state index contributed by atoms with van der Waals surface area (Å²) in [5.41, 5.74) is 2.23. The van der Waals surface area contributed by atoms with Crippen molar-refractivity contribution in [2.24, 2.45) is 0 Å². The predicted molar refractivity (Wildman–Crippen MR) is 110 cm³/mol. The number of ether oxygens (including phenoxy) is 1. The number of fused-ring (bicyclic) bond motifs is 1. The van der Waals surface area contributed by atoms with Crippen molar-refractivity contribution >= 4 is 46.4 Å². The quantitative estimate of drug-likeness (QED) is 0.337. The summed E-state index contributed by atoms with van der Waals surface area (Å²) < 4.78 is 5.14. The van der Waals surface area contributed by atoms with Crippen LogP contribution in [0.2, 0.25) is 0 Å². The van der Waals surface area contributed by atoms with Crippen LogP contribution in [0.25, 0.3) is 17.1 Å². The van der Waals surface area contributed by atoms with Crippen LogP contribution in [0.4, 0.5) is 5.69 Å². The number of amides is 1. The highest BCUT2D eigenvalue weighted by Gasteiger charge is 2.17. The molecule has 2 aromatic carbocycles. The molecule has 3 N–H and O–H groups in total. The molecule has 28 heavy (non-hydrogen) atoms. The minimum Gasteiger partial charge on any atom is -0.449 e. The maximum atomic E-state index is 12.2.